The molecule has 1 aromatic heterocycles. The van der Waals surface area contributed by atoms with E-state index < -0.39 is 0 Å². The maximum absolute atomic E-state index is 12.1. The summed E-state index contributed by atoms with van der Waals surface area (Å²) in [5, 5.41) is 17.1. The van der Waals surface area contributed by atoms with Crippen LogP contribution in [0.25, 0.3) is 11.4 Å². The second-order valence-corrected chi connectivity index (χ2v) is 5.80. The Bertz CT molecular complexity index is 703. The van der Waals surface area contributed by atoms with Crippen LogP contribution in [0.5, 0.6) is 0 Å². The van der Waals surface area contributed by atoms with Crippen LogP contribution in [0.1, 0.15) is 0 Å². The monoisotopic (exact) mass is 331 g/mol. The Labute approximate surface area is 140 Å². The van der Waals surface area contributed by atoms with E-state index in [4.69, 9.17) is 4.74 Å². The number of morpholine rings is 1. The van der Waals surface area contributed by atoms with Gasteiger partial charge in [-0.3, -0.25) is 0 Å². The van der Waals surface area contributed by atoms with Crippen molar-refractivity contribution in [2.24, 2.45) is 7.05 Å². The molecule has 2 amide bonds. The van der Waals surface area contributed by atoms with Gasteiger partial charge in [-0.15, -0.1) is 5.10 Å². The van der Waals surface area contributed by atoms with Crippen LogP contribution in [0.15, 0.2) is 24.3 Å². The van der Waals surface area contributed by atoms with Crippen molar-refractivity contribution < 1.29 is 9.53 Å². The van der Waals surface area contributed by atoms with E-state index in [9.17, 15) is 4.79 Å². The van der Waals surface area contributed by atoms with Crippen molar-refractivity contribution in [2.75, 3.05) is 38.6 Å². The Hall–Kier alpha value is -2.52. The van der Waals surface area contributed by atoms with Gasteiger partial charge in [-0.25, -0.2) is 9.48 Å². The van der Waals surface area contributed by atoms with Gasteiger partial charge in [-0.1, -0.05) is 12.1 Å². The molecule has 1 aliphatic rings. The van der Waals surface area contributed by atoms with Crippen LogP contribution in [0, 0.1) is 0 Å². The minimum absolute atomic E-state index is 0.0190. The molecule has 1 aliphatic heterocycles. The number of hydrogen-bond acceptors (Lipinski definition) is 6. The lowest BCUT2D eigenvalue weighted by molar-refractivity contribution is -0.0166. The van der Waals surface area contributed by atoms with Crippen LogP contribution in [0.4, 0.5) is 10.5 Å². The molecule has 0 bridgehead atoms. The van der Waals surface area contributed by atoms with Crippen molar-refractivity contribution >= 4 is 11.7 Å². The molecule has 2 N–H and O–H groups in total. The van der Waals surface area contributed by atoms with Crippen LogP contribution >= 0.6 is 0 Å². The first-order valence-electron chi connectivity index (χ1n) is 7.79. The largest absolute Gasteiger partial charge is 0.374 e. The van der Waals surface area contributed by atoms with E-state index in [2.05, 4.69) is 31.1 Å². The molecule has 128 valence electrons. The molecule has 0 aliphatic carbocycles. The summed E-state index contributed by atoms with van der Waals surface area (Å²) in [7, 11) is 3.81. The first-order valence-corrected chi connectivity index (χ1v) is 7.79. The molecule has 0 unspecified atom stereocenters. The standard InChI is InChI=1S/C15H21N7O2/c1-21-6-7-24-13(10-21)9-16-15(23)17-12-5-3-4-11(8-12)14-18-19-20-22(14)2/h3-5,8,13H,6-7,9-10H2,1-2H3,(H2,16,17,23)/t13-/m0/s1. The molecule has 1 fully saturated rings. The lowest BCUT2D eigenvalue weighted by atomic mass is 10.2. The van der Waals surface area contributed by atoms with Crippen molar-refractivity contribution in [1.29, 1.82) is 0 Å². The van der Waals surface area contributed by atoms with Gasteiger partial charge < -0.3 is 20.3 Å². The molecule has 9 nitrogen and oxygen atoms in total. The molecule has 24 heavy (non-hydrogen) atoms. The second kappa shape index (κ2) is 7.37. The normalized spacial score (nSPS) is 18.3. The molecule has 0 spiro atoms. The van der Waals surface area contributed by atoms with E-state index in [1.165, 1.54) is 0 Å². The summed E-state index contributed by atoms with van der Waals surface area (Å²) in [5.74, 6) is 0.637. The van der Waals surface area contributed by atoms with Gasteiger partial charge in [0, 0.05) is 37.9 Å². The average Bonchev–Trinajstić information content (AvgIpc) is 2.99. The fraction of sp³-hybridized carbons (Fsp3) is 0.467. The quantitative estimate of drug-likeness (QED) is 0.838. The zero-order chi connectivity index (χ0) is 16.9. The van der Waals surface area contributed by atoms with E-state index in [-0.39, 0.29) is 12.1 Å². The molecule has 9 heteroatoms. The Balaban J connectivity index is 1.56. The molecule has 3 rings (SSSR count). The number of urea groups is 1. The SMILES string of the molecule is CN1CCO[C@@H](CNC(=O)Nc2cccc(-c3nnnn3C)c2)C1. The number of nitrogens with zero attached hydrogens (tertiary/aromatic N) is 5. The number of tetrazole rings is 1. The number of likely N-dealkylation sites (N-methyl/N-ethyl adjacent to an activating group) is 1. The third-order valence-corrected chi connectivity index (χ3v) is 3.83. The van der Waals surface area contributed by atoms with Gasteiger partial charge in [-0.05, 0) is 29.6 Å². The highest BCUT2D eigenvalue weighted by Gasteiger charge is 2.18. The van der Waals surface area contributed by atoms with E-state index >= 15 is 0 Å². The van der Waals surface area contributed by atoms with Crippen LogP contribution in [0.3, 0.4) is 0 Å². The zero-order valence-corrected chi connectivity index (χ0v) is 13.8. The highest BCUT2D eigenvalue weighted by atomic mass is 16.5. The first-order chi connectivity index (χ1) is 11.6. The number of carbonyl (C=O) groups is 1. The van der Waals surface area contributed by atoms with Gasteiger partial charge in [0.1, 0.15) is 0 Å². The van der Waals surface area contributed by atoms with E-state index in [0.717, 1.165) is 18.7 Å². The minimum Gasteiger partial charge on any atom is -0.374 e. The number of carbonyl (C=O) groups excluding carboxylic acids is 1. The molecule has 1 atom stereocenters. The van der Waals surface area contributed by atoms with Crippen LogP contribution in [0.2, 0.25) is 0 Å². The summed E-state index contributed by atoms with van der Waals surface area (Å²) < 4.78 is 7.20. The first kappa shape index (κ1) is 16.3. The maximum Gasteiger partial charge on any atom is 0.319 e. The third-order valence-electron chi connectivity index (χ3n) is 3.83. The average molecular weight is 331 g/mol. The number of hydrogen-bond donors (Lipinski definition) is 2. The van der Waals surface area contributed by atoms with Gasteiger partial charge in [0.2, 0.25) is 0 Å². The van der Waals surface area contributed by atoms with Crippen molar-refractivity contribution in [3.63, 3.8) is 0 Å². The van der Waals surface area contributed by atoms with Gasteiger partial charge in [0.05, 0.1) is 12.7 Å². The lowest BCUT2D eigenvalue weighted by Gasteiger charge is -2.30. The summed E-state index contributed by atoms with van der Waals surface area (Å²) in [6.07, 6.45) is 0.0190. The van der Waals surface area contributed by atoms with Crippen LogP contribution < -0.4 is 10.6 Å². The maximum atomic E-state index is 12.1. The summed E-state index contributed by atoms with van der Waals surface area (Å²) in [5.41, 5.74) is 1.51. The number of anilines is 1. The van der Waals surface area contributed by atoms with Crippen LogP contribution in [-0.2, 0) is 11.8 Å². The fourth-order valence-corrected chi connectivity index (χ4v) is 2.58. The number of rotatable bonds is 4. The number of amides is 2. The van der Waals surface area contributed by atoms with Gasteiger partial charge >= 0.3 is 6.03 Å². The Morgan fingerprint density at radius 1 is 1.42 bits per heavy atom. The van der Waals surface area contributed by atoms with Gasteiger partial charge in [0.15, 0.2) is 5.82 Å². The minimum atomic E-state index is -0.264. The summed E-state index contributed by atoms with van der Waals surface area (Å²) in [6, 6.07) is 7.12. The molecule has 2 heterocycles. The van der Waals surface area contributed by atoms with Crippen molar-refractivity contribution in [3.05, 3.63) is 24.3 Å². The number of aromatic nitrogens is 4. The fourth-order valence-electron chi connectivity index (χ4n) is 2.58. The lowest BCUT2D eigenvalue weighted by Crippen LogP contribution is -2.46. The highest BCUT2D eigenvalue weighted by molar-refractivity contribution is 5.89. The van der Waals surface area contributed by atoms with E-state index in [1.54, 1.807) is 11.7 Å². The van der Waals surface area contributed by atoms with Crippen LogP contribution in [-0.4, -0.2) is 70.5 Å². The summed E-state index contributed by atoms with van der Waals surface area (Å²) in [4.78, 5) is 14.3. The van der Waals surface area contributed by atoms with Crippen molar-refractivity contribution in [1.82, 2.24) is 30.4 Å². The number of ether oxygens (including phenoxy) is 1. The number of aryl methyl sites for hydroxylation is 1. The molecule has 0 radical (unpaired) electrons. The number of nitrogens with one attached hydrogen (secondary N) is 2. The summed E-state index contributed by atoms with van der Waals surface area (Å²) in [6.45, 7) is 2.91. The molecule has 1 saturated heterocycles. The van der Waals surface area contributed by atoms with Gasteiger partial charge in [-0.2, -0.15) is 0 Å². The summed E-state index contributed by atoms with van der Waals surface area (Å²) >= 11 is 0. The molecular weight excluding hydrogens is 310 g/mol. The van der Waals surface area contributed by atoms with E-state index in [1.807, 2.05) is 31.3 Å². The molecule has 2 aromatic rings. The molecule has 0 saturated carbocycles. The van der Waals surface area contributed by atoms with Crippen molar-refractivity contribution in [2.45, 2.75) is 6.10 Å². The Morgan fingerprint density at radius 3 is 3.04 bits per heavy atom. The topological polar surface area (TPSA) is 97.2 Å². The smallest absolute Gasteiger partial charge is 0.319 e. The molecular formula is C15H21N7O2. The second-order valence-electron chi connectivity index (χ2n) is 5.80. The number of benzene rings is 1. The van der Waals surface area contributed by atoms with Crippen molar-refractivity contribution in [3.8, 4) is 11.4 Å². The Morgan fingerprint density at radius 2 is 2.29 bits per heavy atom. The predicted octanol–water partition coefficient (Wildman–Crippen LogP) is 0.329. The third kappa shape index (κ3) is 4.06. The zero-order valence-electron chi connectivity index (χ0n) is 13.8. The molecule has 1 aromatic carbocycles. The van der Waals surface area contributed by atoms with Gasteiger partial charge in [0.25, 0.3) is 0 Å². The van der Waals surface area contributed by atoms with E-state index in [0.29, 0.717) is 24.7 Å². The predicted molar refractivity (Wildman–Crippen MR) is 88.5 cm³/mol. The highest BCUT2D eigenvalue weighted by Crippen LogP contribution is 2.19. The Kier molecular flexibility index (Phi) is 5.02.